The lowest BCUT2D eigenvalue weighted by molar-refractivity contribution is -0.384. The molecule has 0 bridgehead atoms. The van der Waals surface area contributed by atoms with Gasteiger partial charge in [0.25, 0.3) is 5.69 Å². The molecule has 0 spiro atoms. The van der Waals surface area contributed by atoms with E-state index in [1.165, 1.54) is 43.3 Å². The van der Waals surface area contributed by atoms with Crippen molar-refractivity contribution in [1.29, 1.82) is 0 Å². The average Bonchev–Trinajstić information content (AvgIpc) is 2.48. The third kappa shape index (κ3) is 4.54. The molecule has 2 aromatic rings. The number of benzene rings is 2. The van der Waals surface area contributed by atoms with Gasteiger partial charge in [-0.3, -0.25) is 20.2 Å². The first-order valence-electron chi connectivity index (χ1n) is 6.87. The molecule has 0 aliphatic heterocycles. The number of hydrogen-bond donors (Lipinski definition) is 1. The number of anilines is 1. The van der Waals surface area contributed by atoms with Crippen LogP contribution in [0.4, 0.5) is 16.2 Å². The van der Waals surface area contributed by atoms with Crippen molar-refractivity contribution in [3.63, 3.8) is 0 Å². The maximum absolute atomic E-state index is 11.9. The minimum atomic E-state index is -0.901. The number of nitro benzene ring substituents is 1. The summed E-state index contributed by atoms with van der Waals surface area (Å²) in [5.41, 5.74) is 0.474. The van der Waals surface area contributed by atoms with Crippen LogP contribution in [0.5, 0.6) is 11.5 Å². The predicted molar refractivity (Wildman–Crippen MR) is 85.2 cm³/mol. The van der Waals surface area contributed by atoms with Gasteiger partial charge in [-0.1, -0.05) is 12.1 Å². The van der Waals surface area contributed by atoms with Gasteiger partial charge in [0.1, 0.15) is 17.2 Å². The number of nitrogens with one attached hydrogen (secondary N) is 1. The number of esters is 1. The van der Waals surface area contributed by atoms with Crippen molar-refractivity contribution in [3.05, 3.63) is 58.1 Å². The number of hydrogen-bond acceptors (Lipinski definition) is 6. The van der Waals surface area contributed by atoms with Gasteiger partial charge in [-0.15, -0.1) is 0 Å². The van der Waals surface area contributed by atoms with Crippen LogP contribution in [0.2, 0.25) is 0 Å². The largest absolute Gasteiger partial charge is 0.427 e. The topological polar surface area (TPSA) is 108 Å². The quantitative estimate of drug-likeness (QED) is 0.398. The monoisotopic (exact) mass is 330 g/mol. The summed E-state index contributed by atoms with van der Waals surface area (Å²) in [6.45, 7) is 2.95. The highest BCUT2D eigenvalue weighted by molar-refractivity contribution is 5.89. The molecule has 1 amide bonds. The van der Waals surface area contributed by atoms with Gasteiger partial charge < -0.3 is 9.47 Å². The summed E-state index contributed by atoms with van der Waals surface area (Å²) < 4.78 is 9.92. The third-order valence-electron chi connectivity index (χ3n) is 2.86. The van der Waals surface area contributed by atoms with E-state index in [1.54, 1.807) is 13.0 Å². The normalized spacial score (nSPS) is 9.92. The van der Waals surface area contributed by atoms with Crippen LogP contribution in [0.3, 0.4) is 0 Å². The second-order valence-electron chi connectivity index (χ2n) is 4.86. The molecule has 2 rings (SSSR count). The summed E-state index contributed by atoms with van der Waals surface area (Å²) in [5.74, 6) is -0.165. The number of amides is 1. The fraction of sp³-hybridized carbons (Fsp3) is 0.125. The average molecular weight is 330 g/mol. The molecule has 0 aromatic heterocycles. The Hall–Kier alpha value is -3.42. The summed E-state index contributed by atoms with van der Waals surface area (Å²) in [5, 5.41) is 13.3. The number of nitrogens with zero attached hydrogens (tertiary/aromatic N) is 1. The Balaban J connectivity index is 2.11. The SMILES string of the molecule is CC(=O)Oc1cccc(OC(=O)Nc2ccc(C)cc2[N+](=O)[O-])c1. The van der Waals surface area contributed by atoms with E-state index in [4.69, 9.17) is 9.47 Å². The number of rotatable bonds is 4. The zero-order valence-electron chi connectivity index (χ0n) is 12.9. The summed E-state index contributed by atoms with van der Waals surface area (Å²) >= 11 is 0. The maximum atomic E-state index is 11.9. The van der Waals surface area contributed by atoms with Crippen molar-refractivity contribution in [2.24, 2.45) is 0 Å². The number of carbonyl (C=O) groups excluding carboxylic acids is 2. The molecule has 2 aromatic carbocycles. The first kappa shape index (κ1) is 16.9. The van der Waals surface area contributed by atoms with Crippen molar-refractivity contribution in [2.45, 2.75) is 13.8 Å². The molecule has 124 valence electrons. The Morgan fingerprint density at radius 3 is 2.38 bits per heavy atom. The van der Waals surface area contributed by atoms with E-state index in [0.717, 1.165) is 0 Å². The van der Waals surface area contributed by atoms with Crippen molar-refractivity contribution < 1.29 is 24.0 Å². The highest BCUT2D eigenvalue weighted by Crippen LogP contribution is 2.26. The van der Waals surface area contributed by atoms with Crippen LogP contribution in [-0.4, -0.2) is 17.0 Å². The van der Waals surface area contributed by atoms with Gasteiger partial charge in [0.15, 0.2) is 0 Å². The van der Waals surface area contributed by atoms with Gasteiger partial charge in [-0.05, 0) is 30.7 Å². The van der Waals surface area contributed by atoms with Gasteiger partial charge in [-0.2, -0.15) is 0 Å². The molecular formula is C16H14N2O6. The van der Waals surface area contributed by atoms with Gasteiger partial charge >= 0.3 is 12.1 Å². The van der Waals surface area contributed by atoms with Gasteiger partial charge in [-0.25, -0.2) is 4.79 Å². The van der Waals surface area contributed by atoms with E-state index in [-0.39, 0.29) is 22.9 Å². The van der Waals surface area contributed by atoms with Gasteiger partial charge in [0.05, 0.1) is 4.92 Å². The van der Waals surface area contributed by atoms with E-state index in [9.17, 15) is 19.7 Å². The third-order valence-corrected chi connectivity index (χ3v) is 2.86. The van der Waals surface area contributed by atoms with E-state index >= 15 is 0 Å². The lowest BCUT2D eigenvalue weighted by Gasteiger charge is -2.08. The van der Waals surface area contributed by atoms with Gasteiger partial charge in [0, 0.05) is 19.1 Å². The van der Waals surface area contributed by atoms with E-state index in [1.807, 2.05) is 0 Å². The Labute approximate surface area is 137 Å². The van der Waals surface area contributed by atoms with Crippen molar-refractivity contribution >= 4 is 23.4 Å². The summed E-state index contributed by atoms with van der Waals surface area (Å²) in [7, 11) is 0. The van der Waals surface area contributed by atoms with Crippen LogP contribution in [-0.2, 0) is 4.79 Å². The molecule has 0 radical (unpaired) electrons. The summed E-state index contributed by atoms with van der Waals surface area (Å²) in [6, 6.07) is 10.3. The number of carbonyl (C=O) groups is 2. The van der Waals surface area contributed by atoms with Crippen LogP contribution in [0.25, 0.3) is 0 Å². The van der Waals surface area contributed by atoms with E-state index in [0.29, 0.717) is 5.56 Å². The number of nitro groups is 1. The van der Waals surface area contributed by atoms with E-state index in [2.05, 4.69) is 5.32 Å². The molecule has 0 heterocycles. The molecule has 0 atom stereocenters. The van der Waals surface area contributed by atoms with Crippen molar-refractivity contribution in [1.82, 2.24) is 0 Å². The zero-order valence-corrected chi connectivity index (χ0v) is 12.9. The van der Waals surface area contributed by atoms with Crippen LogP contribution in [0, 0.1) is 17.0 Å². The van der Waals surface area contributed by atoms with Gasteiger partial charge in [0.2, 0.25) is 0 Å². The van der Waals surface area contributed by atoms with Crippen molar-refractivity contribution in [3.8, 4) is 11.5 Å². The second kappa shape index (κ2) is 7.23. The first-order chi connectivity index (χ1) is 11.3. The lowest BCUT2D eigenvalue weighted by atomic mass is 10.2. The smallest absolute Gasteiger partial charge is 0.417 e. The highest BCUT2D eigenvalue weighted by atomic mass is 16.6. The lowest BCUT2D eigenvalue weighted by Crippen LogP contribution is -2.17. The summed E-state index contributed by atoms with van der Waals surface area (Å²) in [4.78, 5) is 33.3. The molecule has 0 fully saturated rings. The highest BCUT2D eigenvalue weighted by Gasteiger charge is 2.17. The first-order valence-corrected chi connectivity index (χ1v) is 6.87. The molecule has 0 saturated carbocycles. The standard InChI is InChI=1S/C16H14N2O6/c1-10-6-7-14(15(8-10)18(21)22)17-16(20)24-13-5-3-4-12(9-13)23-11(2)19/h3-9H,1-2H3,(H,17,20). The maximum Gasteiger partial charge on any atom is 0.417 e. The fourth-order valence-corrected chi connectivity index (χ4v) is 1.91. The minimum Gasteiger partial charge on any atom is -0.427 e. The fourth-order valence-electron chi connectivity index (χ4n) is 1.91. The molecule has 0 saturated heterocycles. The molecule has 8 heteroatoms. The molecule has 8 nitrogen and oxygen atoms in total. The zero-order chi connectivity index (χ0) is 17.7. The van der Waals surface area contributed by atoms with Crippen molar-refractivity contribution in [2.75, 3.05) is 5.32 Å². The minimum absolute atomic E-state index is 0.0201. The molecule has 0 unspecified atom stereocenters. The molecule has 0 aliphatic carbocycles. The van der Waals surface area contributed by atoms with Crippen LogP contribution >= 0.6 is 0 Å². The Morgan fingerprint density at radius 1 is 1.08 bits per heavy atom. The number of ether oxygens (including phenoxy) is 2. The van der Waals surface area contributed by atoms with Crippen LogP contribution < -0.4 is 14.8 Å². The Morgan fingerprint density at radius 2 is 1.75 bits per heavy atom. The number of aryl methyl sites for hydroxylation is 1. The molecule has 24 heavy (non-hydrogen) atoms. The molecule has 0 aliphatic rings. The molecular weight excluding hydrogens is 316 g/mol. The summed E-state index contributed by atoms with van der Waals surface area (Å²) in [6.07, 6.45) is -0.901. The Kier molecular flexibility index (Phi) is 5.10. The van der Waals surface area contributed by atoms with Crippen LogP contribution in [0.1, 0.15) is 12.5 Å². The van der Waals surface area contributed by atoms with E-state index < -0.39 is 17.0 Å². The Bertz CT molecular complexity index is 803. The predicted octanol–water partition coefficient (Wildman–Crippen LogP) is 3.44. The molecule has 1 N–H and O–H groups in total. The van der Waals surface area contributed by atoms with Crippen LogP contribution in [0.15, 0.2) is 42.5 Å². The second-order valence-corrected chi connectivity index (χ2v) is 4.86.